The van der Waals surface area contributed by atoms with Crippen molar-refractivity contribution in [3.05, 3.63) is 53.6 Å². The number of phenols is 1. The predicted octanol–water partition coefficient (Wildman–Crippen LogP) is -0.111. The van der Waals surface area contributed by atoms with E-state index in [1.165, 1.54) is 20.9 Å². The van der Waals surface area contributed by atoms with Crippen LogP contribution in [0.3, 0.4) is 0 Å². The Morgan fingerprint density at radius 3 is 1.67 bits per heavy atom. The zero-order valence-electron chi connectivity index (χ0n) is 15.9. The van der Waals surface area contributed by atoms with Gasteiger partial charge in [-0.1, -0.05) is 30.3 Å². The molecular formula is C22H30N2O3+2. The molecule has 2 fully saturated rings. The summed E-state index contributed by atoms with van der Waals surface area (Å²) in [6, 6.07) is 14.8. The molecule has 5 nitrogen and oxygen atoms in total. The summed E-state index contributed by atoms with van der Waals surface area (Å²) in [6.45, 7) is 8.91. The average molecular weight is 370 g/mol. The van der Waals surface area contributed by atoms with E-state index in [2.05, 4.69) is 36.4 Å². The molecule has 0 aromatic heterocycles. The van der Waals surface area contributed by atoms with Crippen LogP contribution in [0.4, 0.5) is 0 Å². The van der Waals surface area contributed by atoms with Gasteiger partial charge in [0.2, 0.25) is 0 Å². The third-order valence-electron chi connectivity index (χ3n) is 5.66. The second-order valence-electron chi connectivity index (χ2n) is 7.59. The Balaban J connectivity index is 1.64. The summed E-state index contributed by atoms with van der Waals surface area (Å²) in [5.74, 6) is 0.479. The van der Waals surface area contributed by atoms with Gasteiger partial charge in [0.15, 0.2) is 0 Å². The normalized spacial score (nSPS) is 19.3. The molecule has 2 heterocycles. The van der Waals surface area contributed by atoms with E-state index < -0.39 is 0 Å². The lowest BCUT2D eigenvalue weighted by molar-refractivity contribution is -0.922. The highest BCUT2D eigenvalue weighted by Gasteiger charge is 2.22. The number of benzene rings is 2. The van der Waals surface area contributed by atoms with Crippen LogP contribution in [0.25, 0.3) is 11.1 Å². The second kappa shape index (κ2) is 8.85. The molecule has 0 bridgehead atoms. The Labute approximate surface area is 161 Å². The molecule has 2 saturated heterocycles. The summed E-state index contributed by atoms with van der Waals surface area (Å²) in [7, 11) is 0. The maximum atomic E-state index is 11.0. The molecule has 144 valence electrons. The van der Waals surface area contributed by atoms with Gasteiger partial charge in [0.05, 0.1) is 26.4 Å². The summed E-state index contributed by atoms with van der Waals surface area (Å²) in [5.41, 5.74) is 4.50. The summed E-state index contributed by atoms with van der Waals surface area (Å²) in [5, 5.41) is 11.0. The largest absolute Gasteiger partial charge is 0.507 e. The summed E-state index contributed by atoms with van der Waals surface area (Å²) < 4.78 is 11.0. The molecule has 27 heavy (non-hydrogen) atoms. The Morgan fingerprint density at radius 2 is 1.19 bits per heavy atom. The zero-order chi connectivity index (χ0) is 18.5. The van der Waals surface area contributed by atoms with E-state index in [-0.39, 0.29) is 0 Å². The minimum Gasteiger partial charge on any atom is -0.507 e. The molecule has 5 heteroatoms. The molecule has 4 rings (SSSR count). The van der Waals surface area contributed by atoms with Crippen LogP contribution in [-0.2, 0) is 22.6 Å². The average Bonchev–Trinajstić information content (AvgIpc) is 2.73. The first-order valence-corrected chi connectivity index (χ1v) is 10.0. The van der Waals surface area contributed by atoms with Crippen molar-refractivity contribution >= 4 is 0 Å². The van der Waals surface area contributed by atoms with Crippen LogP contribution < -0.4 is 9.80 Å². The van der Waals surface area contributed by atoms with Crippen molar-refractivity contribution in [2.45, 2.75) is 13.1 Å². The Kier molecular flexibility index (Phi) is 6.04. The van der Waals surface area contributed by atoms with Gasteiger partial charge in [0.1, 0.15) is 45.0 Å². The quantitative estimate of drug-likeness (QED) is 0.688. The molecule has 2 aromatic rings. The third kappa shape index (κ3) is 4.68. The summed E-state index contributed by atoms with van der Waals surface area (Å²) in [6.07, 6.45) is 0. The summed E-state index contributed by atoms with van der Waals surface area (Å²) in [4.78, 5) is 2.96. The van der Waals surface area contributed by atoms with Crippen LogP contribution in [-0.4, -0.2) is 57.7 Å². The number of aromatic hydroxyl groups is 1. The van der Waals surface area contributed by atoms with Crippen LogP contribution in [0.5, 0.6) is 5.75 Å². The topological polar surface area (TPSA) is 47.6 Å². The first-order chi connectivity index (χ1) is 13.3. The van der Waals surface area contributed by atoms with E-state index in [0.717, 1.165) is 76.8 Å². The number of ether oxygens (including phenoxy) is 2. The van der Waals surface area contributed by atoms with Gasteiger partial charge < -0.3 is 24.4 Å². The second-order valence-corrected chi connectivity index (χ2v) is 7.59. The van der Waals surface area contributed by atoms with Crippen LogP contribution >= 0.6 is 0 Å². The molecular weight excluding hydrogens is 340 g/mol. The molecule has 0 amide bonds. The summed E-state index contributed by atoms with van der Waals surface area (Å²) >= 11 is 0. The lowest BCUT2D eigenvalue weighted by Crippen LogP contribution is -3.13. The first-order valence-electron chi connectivity index (χ1n) is 10.0. The highest BCUT2D eigenvalue weighted by Crippen LogP contribution is 2.29. The molecule has 0 atom stereocenters. The molecule has 0 saturated carbocycles. The predicted molar refractivity (Wildman–Crippen MR) is 104 cm³/mol. The maximum Gasteiger partial charge on any atom is 0.133 e. The fourth-order valence-corrected chi connectivity index (χ4v) is 4.04. The Hall–Kier alpha value is -1.92. The van der Waals surface area contributed by atoms with E-state index in [4.69, 9.17) is 9.47 Å². The maximum absolute atomic E-state index is 11.0. The lowest BCUT2D eigenvalue weighted by Gasteiger charge is -2.26. The Bertz CT molecular complexity index is 697. The van der Waals surface area contributed by atoms with Crippen LogP contribution in [0, 0.1) is 0 Å². The van der Waals surface area contributed by atoms with Gasteiger partial charge >= 0.3 is 0 Å². The highest BCUT2D eigenvalue weighted by molar-refractivity contribution is 5.67. The first kappa shape index (κ1) is 18.4. The highest BCUT2D eigenvalue weighted by atomic mass is 16.5. The number of nitrogens with one attached hydrogen (secondary N) is 2. The molecule has 0 unspecified atom stereocenters. The van der Waals surface area contributed by atoms with Gasteiger partial charge in [0.25, 0.3) is 0 Å². The van der Waals surface area contributed by atoms with Crippen LogP contribution in [0.1, 0.15) is 11.1 Å². The fraction of sp³-hybridized carbons (Fsp3) is 0.455. The van der Waals surface area contributed by atoms with Gasteiger partial charge in [-0.15, -0.1) is 0 Å². The number of hydrogen-bond acceptors (Lipinski definition) is 3. The van der Waals surface area contributed by atoms with Gasteiger partial charge in [-0.25, -0.2) is 0 Å². The van der Waals surface area contributed by atoms with E-state index in [1.54, 1.807) is 0 Å². The number of hydrogen-bond donors (Lipinski definition) is 3. The molecule has 0 radical (unpaired) electrons. The van der Waals surface area contributed by atoms with Crippen LogP contribution in [0.2, 0.25) is 0 Å². The molecule has 2 aliphatic rings. The molecule has 0 spiro atoms. The lowest BCUT2D eigenvalue weighted by atomic mass is 9.97. The standard InChI is InChI=1S/C22H28N2O3/c25-22-20(16-23-6-10-26-11-7-23)14-19(18-4-2-1-3-5-18)15-21(22)17-24-8-12-27-13-9-24/h1-5,14-15,25H,6-13,16-17H2/p+2. The van der Waals surface area contributed by atoms with E-state index in [9.17, 15) is 5.11 Å². The molecule has 2 aromatic carbocycles. The fourth-order valence-electron chi connectivity index (χ4n) is 4.04. The van der Waals surface area contributed by atoms with Crippen LogP contribution in [0.15, 0.2) is 42.5 Å². The zero-order valence-corrected chi connectivity index (χ0v) is 15.9. The smallest absolute Gasteiger partial charge is 0.133 e. The van der Waals surface area contributed by atoms with Crippen molar-refractivity contribution in [3.8, 4) is 16.9 Å². The minimum absolute atomic E-state index is 0.479. The van der Waals surface area contributed by atoms with Crippen molar-refractivity contribution in [1.29, 1.82) is 0 Å². The number of quaternary nitrogens is 2. The number of morpholine rings is 2. The third-order valence-corrected chi connectivity index (χ3v) is 5.66. The van der Waals surface area contributed by atoms with Crippen molar-refractivity contribution in [3.63, 3.8) is 0 Å². The molecule has 0 aliphatic carbocycles. The van der Waals surface area contributed by atoms with Crippen molar-refractivity contribution in [2.24, 2.45) is 0 Å². The number of rotatable bonds is 5. The SMILES string of the molecule is Oc1c(C[NH+]2CCOCC2)cc(-c2ccccc2)cc1C[NH+]1CCOCC1. The van der Waals surface area contributed by atoms with Gasteiger partial charge in [-0.2, -0.15) is 0 Å². The van der Waals surface area contributed by atoms with Crippen molar-refractivity contribution in [1.82, 2.24) is 0 Å². The van der Waals surface area contributed by atoms with Gasteiger partial charge in [0, 0.05) is 11.1 Å². The minimum atomic E-state index is 0.479. The van der Waals surface area contributed by atoms with Gasteiger partial charge in [-0.05, 0) is 23.3 Å². The van der Waals surface area contributed by atoms with E-state index >= 15 is 0 Å². The van der Waals surface area contributed by atoms with E-state index in [0.29, 0.717) is 5.75 Å². The molecule has 2 aliphatic heterocycles. The van der Waals surface area contributed by atoms with E-state index in [1.807, 2.05) is 6.07 Å². The van der Waals surface area contributed by atoms with Crippen molar-refractivity contribution in [2.75, 3.05) is 52.6 Å². The monoisotopic (exact) mass is 370 g/mol. The Morgan fingerprint density at radius 1 is 0.704 bits per heavy atom. The molecule has 3 N–H and O–H groups in total. The number of phenolic OH excluding ortho intramolecular Hbond substituents is 1. The van der Waals surface area contributed by atoms with Gasteiger partial charge in [-0.3, -0.25) is 0 Å². The van der Waals surface area contributed by atoms with Crippen molar-refractivity contribution < 1.29 is 24.4 Å².